The molecule has 1 rings (SSSR count). The number of rotatable bonds is 4. The quantitative estimate of drug-likeness (QED) is 0.702. The van der Waals surface area contributed by atoms with Crippen LogP contribution in [0.1, 0.15) is 6.92 Å². The molecule has 6 nitrogen and oxygen atoms in total. The summed E-state index contributed by atoms with van der Waals surface area (Å²) in [6, 6.07) is 0.325. The van der Waals surface area contributed by atoms with Crippen LogP contribution in [0.5, 0.6) is 6.01 Å². The Labute approximate surface area is 76.8 Å². The maximum atomic E-state index is 5.15. The Balaban J connectivity index is 2.93. The van der Waals surface area contributed by atoms with Crippen molar-refractivity contribution in [2.75, 3.05) is 31.3 Å². The fraction of sp³-hybridized carbons (Fsp3) is 0.571. The Morgan fingerprint density at radius 2 is 1.62 bits per heavy atom. The number of aromatic nitrogens is 3. The Bertz CT molecular complexity index is 255. The van der Waals surface area contributed by atoms with E-state index in [-0.39, 0.29) is 0 Å². The Hall–Kier alpha value is -1.59. The molecule has 0 radical (unpaired) electrons. The minimum absolute atomic E-state index is 0.325. The second-order valence-electron chi connectivity index (χ2n) is 2.20. The van der Waals surface area contributed by atoms with Crippen molar-refractivity contribution in [2.45, 2.75) is 6.92 Å². The molecule has 1 aromatic rings. The van der Waals surface area contributed by atoms with Crippen molar-refractivity contribution < 1.29 is 4.74 Å². The molecule has 0 fully saturated rings. The van der Waals surface area contributed by atoms with Crippen molar-refractivity contribution in [3.8, 4) is 6.01 Å². The molecule has 2 N–H and O–H groups in total. The first-order valence-corrected chi connectivity index (χ1v) is 4.04. The summed E-state index contributed by atoms with van der Waals surface area (Å²) in [6.07, 6.45) is 0. The third-order valence-corrected chi connectivity index (χ3v) is 1.34. The number of anilines is 2. The van der Waals surface area contributed by atoms with Crippen LogP contribution < -0.4 is 15.4 Å². The molecule has 0 unspecified atom stereocenters. The predicted octanol–water partition coefficient (Wildman–Crippen LogP) is 0.354. The topological polar surface area (TPSA) is 72.0 Å². The predicted molar refractivity (Wildman–Crippen MR) is 50.1 cm³/mol. The van der Waals surface area contributed by atoms with Crippen molar-refractivity contribution >= 4 is 11.9 Å². The van der Waals surface area contributed by atoms with Crippen LogP contribution in [0, 0.1) is 0 Å². The normalized spacial score (nSPS) is 9.46. The molecule has 0 aliphatic carbocycles. The SMILES string of the molecule is CCOc1nc(NC)nc(NC)n1. The Morgan fingerprint density at radius 1 is 1.08 bits per heavy atom. The number of hydrogen-bond acceptors (Lipinski definition) is 6. The van der Waals surface area contributed by atoms with Gasteiger partial charge in [-0.15, -0.1) is 0 Å². The molecule has 0 saturated heterocycles. The van der Waals surface area contributed by atoms with E-state index in [1.807, 2.05) is 6.92 Å². The summed E-state index contributed by atoms with van der Waals surface area (Å²) in [7, 11) is 3.48. The van der Waals surface area contributed by atoms with Crippen molar-refractivity contribution in [2.24, 2.45) is 0 Å². The number of nitrogens with one attached hydrogen (secondary N) is 2. The van der Waals surface area contributed by atoms with E-state index in [2.05, 4.69) is 25.6 Å². The van der Waals surface area contributed by atoms with E-state index < -0.39 is 0 Å². The average molecular weight is 183 g/mol. The Morgan fingerprint density at radius 3 is 2.00 bits per heavy atom. The standard InChI is InChI=1S/C7H13N5O/c1-4-13-7-11-5(8-2)10-6(9-3)12-7/h4H2,1-3H3,(H2,8,9,10,11,12). The molecule has 0 bridgehead atoms. The fourth-order valence-electron chi connectivity index (χ4n) is 0.774. The first-order chi connectivity index (χ1) is 6.30. The molecule has 72 valence electrons. The van der Waals surface area contributed by atoms with Gasteiger partial charge in [-0.3, -0.25) is 0 Å². The van der Waals surface area contributed by atoms with Gasteiger partial charge in [-0.25, -0.2) is 0 Å². The highest BCUT2D eigenvalue weighted by Crippen LogP contribution is 2.09. The van der Waals surface area contributed by atoms with Gasteiger partial charge in [0.05, 0.1) is 6.61 Å². The van der Waals surface area contributed by atoms with E-state index in [0.717, 1.165) is 0 Å². The van der Waals surface area contributed by atoms with Crippen LogP contribution >= 0.6 is 0 Å². The van der Waals surface area contributed by atoms with Crippen LogP contribution in [0.3, 0.4) is 0 Å². The van der Waals surface area contributed by atoms with Crippen molar-refractivity contribution in [3.05, 3.63) is 0 Å². The number of hydrogen-bond donors (Lipinski definition) is 2. The van der Waals surface area contributed by atoms with Crippen LogP contribution in [-0.4, -0.2) is 35.7 Å². The fourth-order valence-corrected chi connectivity index (χ4v) is 0.774. The maximum Gasteiger partial charge on any atom is 0.323 e. The van der Waals surface area contributed by atoms with Crippen LogP contribution in [0.15, 0.2) is 0 Å². The molecule has 0 saturated carbocycles. The van der Waals surface area contributed by atoms with E-state index in [0.29, 0.717) is 24.5 Å². The summed E-state index contributed by atoms with van der Waals surface area (Å²) in [5.41, 5.74) is 0. The summed E-state index contributed by atoms with van der Waals surface area (Å²) >= 11 is 0. The summed E-state index contributed by atoms with van der Waals surface area (Å²) in [5.74, 6) is 0.977. The summed E-state index contributed by atoms with van der Waals surface area (Å²) in [6.45, 7) is 2.41. The van der Waals surface area contributed by atoms with Gasteiger partial charge in [-0.2, -0.15) is 15.0 Å². The maximum absolute atomic E-state index is 5.15. The summed E-state index contributed by atoms with van der Waals surface area (Å²) in [5, 5.41) is 5.64. The van der Waals surface area contributed by atoms with Crippen LogP contribution in [-0.2, 0) is 0 Å². The van der Waals surface area contributed by atoms with Gasteiger partial charge < -0.3 is 15.4 Å². The second kappa shape index (κ2) is 4.44. The van der Waals surface area contributed by atoms with E-state index in [4.69, 9.17) is 4.74 Å². The first-order valence-electron chi connectivity index (χ1n) is 4.04. The largest absolute Gasteiger partial charge is 0.464 e. The van der Waals surface area contributed by atoms with Gasteiger partial charge in [-0.05, 0) is 6.92 Å². The van der Waals surface area contributed by atoms with E-state index in [1.165, 1.54) is 0 Å². The third kappa shape index (κ3) is 2.43. The van der Waals surface area contributed by atoms with Gasteiger partial charge in [0.1, 0.15) is 0 Å². The van der Waals surface area contributed by atoms with Crippen molar-refractivity contribution in [1.29, 1.82) is 0 Å². The lowest BCUT2D eigenvalue weighted by molar-refractivity contribution is 0.312. The average Bonchev–Trinajstić information content (AvgIpc) is 2.17. The molecule has 13 heavy (non-hydrogen) atoms. The summed E-state index contributed by atoms with van der Waals surface area (Å²) in [4.78, 5) is 12.0. The third-order valence-electron chi connectivity index (χ3n) is 1.34. The van der Waals surface area contributed by atoms with Gasteiger partial charge in [0, 0.05) is 14.1 Å². The Kier molecular flexibility index (Phi) is 3.24. The highest BCUT2D eigenvalue weighted by Gasteiger charge is 2.03. The lowest BCUT2D eigenvalue weighted by atomic mass is 10.8. The number of nitrogens with zero attached hydrogens (tertiary/aromatic N) is 3. The highest BCUT2D eigenvalue weighted by molar-refractivity contribution is 5.34. The molecular weight excluding hydrogens is 170 g/mol. The lowest BCUT2D eigenvalue weighted by Gasteiger charge is -2.05. The number of ether oxygens (including phenoxy) is 1. The molecule has 0 spiro atoms. The minimum Gasteiger partial charge on any atom is -0.464 e. The minimum atomic E-state index is 0.325. The zero-order chi connectivity index (χ0) is 9.68. The van der Waals surface area contributed by atoms with Crippen molar-refractivity contribution in [3.63, 3.8) is 0 Å². The van der Waals surface area contributed by atoms with E-state index >= 15 is 0 Å². The molecule has 0 aromatic carbocycles. The van der Waals surface area contributed by atoms with Gasteiger partial charge in [0.15, 0.2) is 0 Å². The zero-order valence-corrected chi connectivity index (χ0v) is 7.96. The van der Waals surface area contributed by atoms with Gasteiger partial charge in [-0.1, -0.05) is 0 Å². The second-order valence-corrected chi connectivity index (χ2v) is 2.20. The van der Waals surface area contributed by atoms with Crippen molar-refractivity contribution in [1.82, 2.24) is 15.0 Å². The zero-order valence-electron chi connectivity index (χ0n) is 7.96. The first kappa shape index (κ1) is 9.50. The monoisotopic (exact) mass is 183 g/mol. The van der Waals surface area contributed by atoms with Gasteiger partial charge >= 0.3 is 6.01 Å². The van der Waals surface area contributed by atoms with Crippen LogP contribution in [0.25, 0.3) is 0 Å². The molecule has 0 amide bonds. The highest BCUT2D eigenvalue weighted by atomic mass is 16.5. The molecule has 0 aliphatic heterocycles. The molecule has 0 atom stereocenters. The summed E-state index contributed by atoms with van der Waals surface area (Å²) < 4.78 is 5.15. The van der Waals surface area contributed by atoms with Gasteiger partial charge in [0.2, 0.25) is 11.9 Å². The van der Waals surface area contributed by atoms with Crippen LogP contribution in [0.4, 0.5) is 11.9 Å². The molecule has 0 aliphatic rings. The molecular formula is C7H13N5O. The molecule has 1 heterocycles. The smallest absolute Gasteiger partial charge is 0.323 e. The van der Waals surface area contributed by atoms with Gasteiger partial charge in [0.25, 0.3) is 0 Å². The molecule has 6 heteroatoms. The van der Waals surface area contributed by atoms with E-state index in [1.54, 1.807) is 14.1 Å². The van der Waals surface area contributed by atoms with E-state index in [9.17, 15) is 0 Å². The lowest BCUT2D eigenvalue weighted by Crippen LogP contribution is -2.06. The van der Waals surface area contributed by atoms with Crippen LogP contribution in [0.2, 0.25) is 0 Å². The molecule has 1 aromatic heterocycles.